The highest BCUT2D eigenvalue weighted by Crippen LogP contribution is 2.13. The number of ether oxygens (including phenoxy) is 1. The van der Waals surface area contributed by atoms with Crippen molar-refractivity contribution in [3.05, 3.63) is 41.4 Å². The first-order chi connectivity index (χ1) is 10.2. The highest BCUT2D eigenvalue weighted by molar-refractivity contribution is 7.80. The van der Waals surface area contributed by atoms with Crippen LogP contribution in [-0.2, 0) is 0 Å². The zero-order valence-corrected chi connectivity index (χ0v) is 13.1. The van der Waals surface area contributed by atoms with Gasteiger partial charge >= 0.3 is 0 Å². The van der Waals surface area contributed by atoms with Crippen LogP contribution in [0.1, 0.15) is 23.7 Å². The average molecular weight is 321 g/mol. The molecule has 0 aliphatic carbocycles. The molecule has 0 aliphatic rings. The van der Waals surface area contributed by atoms with E-state index >= 15 is 0 Å². The highest BCUT2D eigenvalue weighted by Gasteiger charge is 2.08. The van der Waals surface area contributed by atoms with E-state index in [2.05, 4.69) is 15.6 Å². The van der Waals surface area contributed by atoms with Gasteiger partial charge in [0.1, 0.15) is 5.75 Å². The molecule has 5 nitrogen and oxygen atoms in total. The quantitative estimate of drug-likeness (QED) is 0.829. The molecule has 1 heterocycles. The largest absolute Gasteiger partial charge is 0.494 e. The van der Waals surface area contributed by atoms with Crippen LogP contribution in [0.3, 0.4) is 0 Å². The van der Waals surface area contributed by atoms with Gasteiger partial charge in [-0.2, -0.15) is 0 Å². The molecule has 1 aromatic heterocycles. The number of hydrogen-bond donors (Lipinski definition) is 2. The number of nitrogens with zero attached hydrogens (tertiary/aromatic N) is 1. The van der Waals surface area contributed by atoms with Crippen molar-refractivity contribution in [3.63, 3.8) is 0 Å². The van der Waals surface area contributed by atoms with E-state index in [1.807, 2.05) is 12.3 Å². The third-order valence-corrected chi connectivity index (χ3v) is 3.36. The first-order valence-corrected chi connectivity index (χ1v) is 7.72. The molecule has 0 aliphatic heterocycles. The smallest absolute Gasteiger partial charge is 0.257 e. The molecule has 1 aromatic carbocycles. The summed E-state index contributed by atoms with van der Waals surface area (Å²) in [5.41, 5.74) is 0.516. The predicted octanol–water partition coefficient (Wildman–Crippen LogP) is 3.06. The first-order valence-electron chi connectivity index (χ1n) is 6.43. The van der Waals surface area contributed by atoms with Crippen LogP contribution >= 0.6 is 23.6 Å². The number of rotatable bonds is 5. The Balaban J connectivity index is 1.89. The van der Waals surface area contributed by atoms with E-state index in [1.165, 1.54) is 11.3 Å². The third-order valence-electron chi connectivity index (χ3n) is 2.47. The lowest BCUT2D eigenvalue weighted by atomic mass is 10.2. The number of nitrogens with one attached hydrogen (secondary N) is 2. The van der Waals surface area contributed by atoms with Crippen LogP contribution in [0.15, 0.2) is 35.8 Å². The average Bonchev–Trinajstić information content (AvgIpc) is 2.98. The molecule has 0 fully saturated rings. The summed E-state index contributed by atoms with van der Waals surface area (Å²) in [5, 5.41) is 8.14. The minimum Gasteiger partial charge on any atom is -0.494 e. The van der Waals surface area contributed by atoms with Crippen LogP contribution in [0, 0.1) is 0 Å². The number of aromatic nitrogens is 1. The number of carbonyl (C=O) groups is 1. The topological polar surface area (TPSA) is 63.2 Å². The maximum atomic E-state index is 12.0. The zero-order valence-electron chi connectivity index (χ0n) is 11.5. The van der Waals surface area contributed by atoms with E-state index in [4.69, 9.17) is 17.0 Å². The highest BCUT2D eigenvalue weighted by atomic mass is 32.1. The predicted molar refractivity (Wildman–Crippen MR) is 88.0 cm³/mol. The fourth-order valence-corrected chi connectivity index (χ4v) is 2.30. The van der Waals surface area contributed by atoms with Crippen molar-refractivity contribution in [1.82, 2.24) is 10.3 Å². The second-order valence-corrected chi connectivity index (χ2v) is 5.42. The molecule has 7 heteroatoms. The van der Waals surface area contributed by atoms with Crippen LogP contribution in [0.4, 0.5) is 5.13 Å². The zero-order chi connectivity index (χ0) is 15.1. The van der Waals surface area contributed by atoms with Gasteiger partial charge in [0, 0.05) is 17.1 Å². The number of thiocarbonyl (C=S) groups is 1. The Morgan fingerprint density at radius 3 is 2.76 bits per heavy atom. The van der Waals surface area contributed by atoms with Crippen LogP contribution in [-0.4, -0.2) is 22.6 Å². The standard InChI is InChI=1S/C14H15N3O2S2/c1-2-8-19-11-5-3-10(4-6-11)12(18)16-13(20)17-14-15-7-9-21-14/h3-7,9H,2,8H2,1H3,(H2,15,16,17,18,20). The number of thiazole rings is 1. The SMILES string of the molecule is CCCOc1ccc(C(=O)NC(=S)Nc2nccs2)cc1. The lowest BCUT2D eigenvalue weighted by molar-refractivity contribution is 0.0977. The Kier molecular flexibility index (Phi) is 5.65. The molecule has 2 rings (SSSR count). The Hall–Kier alpha value is -1.99. The number of amides is 1. The van der Waals surface area contributed by atoms with Gasteiger partial charge in [-0.15, -0.1) is 11.3 Å². The van der Waals surface area contributed by atoms with Gasteiger partial charge in [0.25, 0.3) is 5.91 Å². The van der Waals surface area contributed by atoms with Crippen molar-refractivity contribution in [2.75, 3.05) is 11.9 Å². The summed E-state index contributed by atoms with van der Waals surface area (Å²) in [6, 6.07) is 6.93. The molecule has 0 saturated heterocycles. The summed E-state index contributed by atoms with van der Waals surface area (Å²) in [5.74, 6) is 0.475. The molecule has 1 amide bonds. The molecule has 2 N–H and O–H groups in total. The summed E-state index contributed by atoms with van der Waals surface area (Å²) in [4.78, 5) is 16.0. The van der Waals surface area contributed by atoms with Crippen molar-refractivity contribution in [2.24, 2.45) is 0 Å². The van der Waals surface area contributed by atoms with E-state index in [9.17, 15) is 4.79 Å². The molecular weight excluding hydrogens is 306 g/mol. The normalized spacial score (nSPS) is 9.95. The fourth-order valence-electron chi connectivity index (χ4n) is 1.51. The van der Waals surface area contributed by atoms with Gasteiger partial charge in [-0.1, -0.05) is 6.92 Å². The Morgan fingerprint density at radius 2 is 2.14 bits per heavy atom. The monoisotopic (exact) mass is 321 g/mol. The molecule has 2 aromatic rings. The summed E-state index contributed by atoms with van der Waals surface area (Å²) < 4.78 is 5.46. The fraction of sp³-hybridized carbons (Fsp3) is 0.214. The van der Waals surface area contributed by atoms with Crippen molar-refractivity contribution >= 4 is 39.7 Å². The van der Waals surface area contributed by atoms with Gasteiger partial charge in [-0.25, -0.2) is 4.98 Å². The van der Waals surface area contributed by atoms with E-state index in [1.54, 1.807) is 30.5 Å². The second-order valence-electron chi connectivity index (χ2n) is 4.12. The summed E-state index contributed by atoms with van der Waals surface area (Å²) in [6.45, 7) is 2.70. The summed E-state index contributed by atoms with van der Waals surface area (Å²) in [6.07, 6.45) is 2.60. The van der Waals surface area contributed by atoms with Crippen LogP contribution in [0.5, 0.6) is 5.75 Å². The van der Waals surface area contributed by atoms with Crippen molar-refractivity contribution in [1.29, 1.82) is 0 Å². The summed E-state index contributed by atoms with van der Waals surface area (Å²) >= 11 is 6.47. The van der Waals surface area contributed by atoms with Gasteiger partial charge in [-0.05, 0) is 42.9 Å². The van der Waals surface area contributed by atoms with Gasteiger partial charge in [0.15, 0.2) is 10.2 Å². The minimum atomic E-state index is -0.272. The Labute approximate surface area is 132 Å². The summed E-state index contributed by atoms with van der Waals surface area (Å²) in [7, 11) is 0. The van der Waals surface area contributed by atoms with E-state index in [0.717, 1.165) is 12.2 Å². The first kappa shape index (κ1) is 15.4. The van der Waals surface area contributed by atoms with Crippen LogP contribution in [0.25, 0.3) is 0 Å². The molecule has 0 bridgehead atoms. The molecule has 110 valence electrons. The van der Waals surface area contributed by atoms with Crippen LogP contribution in [0.2, 0.25) is 0 Å². The number of carbonyl (C=O) groups excluding carboxylic acids is 1. The minimum absolute atomic E-state index is 0.223. The molecule has 0 radical (unpaired) electrons. The molecule has 0 saturated carbocycles. The van der Waals surface area contributed by atoms with Crippen LogP contribution < -0.4 is 15.4 Å². The van der Waals surface area contributed by atoms with Crippen molar-refractivity contribution in [3.8, 4) is 5.75 Å². The van der Waals surface area contributed by atoms with Gasteiger partial charge in [0.2, 0.25) is 0 Å². The van der Waals surface area contributed by atoms with Crippen molar-refractivity contribution < 1.29 is 9.53 Å². The molecule has 0 unspecified atom stereocenters. The molecule has 0 spiro atoms. The van der Waals surface area contributed by atoms with Crippen molar-refractivity contribution in [2.45, 2.75) is 13.3 Å². The maximum absolute atomic E-state index is 12.0. The number of hydrogen-bond acceptors (Lipinski definition) is 5. The van der Waals surface area contributed by atoms with E-state index in [0.29, 0.717) is 17.3 Å². The van der Waals surface area contributed by atoms with Gasteiger partial charge < -0.3 is 10.1 Å². The third kappa shape index (κ3) is 4.80. The van der Waals surface area contributed by atoms with Gasteiger partial charge in [0.05, 0.1) is 6.61 Å². The van der Waals surface area contributed by atoms with Gasteiger partial charge in [-0.3, -0.25) is 10.1 Å². The maximum Gasteiger partial charge on any atom is 0.257 e. The number of benzene rings is 1. The Morgan fingerprint density at radius 1 is 1.38 bits per heavy atom. The van der Waals surface area contributed by atoms with E-state index in [-0.39, 0.29) is 11.0 Å². The molecule has 21 heavy (non-hydrogen) atoms. The molecule has 0 atom stereocenters. The Bertz CT molecular complexity index is 597. The molecular formula is C14H15N3O2S2. The second kappa shape index (κ2) is 7.70. The van der Waals surface area contributed by atoms with E-state index < -0.39 is 0 Å². The number of anilines is 1. The lowest BCUT2D eigenvalue weighted by Gasteiger charge is -2.08. The lowest BCUT2D eigenvalue weighted by Crippen LogP contribution is -2.34.